The van der Waals surface area contributed by atoms with Crippen LogP contribution in [0.1, 0.15) is 51.5 Å². The van der Waals surface area contributed by atoms with Crippen LogP contribution in [0.5, 0.6) is 17.2 Å². The maximum absolute atomic E-state index is 5.40. The zero-order valence-corrected chi connectivity index (χ0v) is 17.1. The van der Waals surface area contributed by atoms with Gasteiger partial charge in [0.1, 0.15) is 0 Å². The molecule has 0 aliphatic carbocycles. The average molecular weight is 366 g/mol. The molecule has 1 rings (SSSR count). The van der Waals surface area contributed by atoms with E-state index < -0.39 is 0 Å². The lowest BCUT2D eigenvalue weighted by atomic mass is 10.1. The first kappa shape index (κ1) is 21.9. The van der Waals surface area contributed by atoms with Crippen LogP contribution in [-0.2, 0) is 6.54 Å². The van der Waals surface area contributed by atoms with Crippen LogP contribution in [0.15, 0.2) is 17.1 Å². The molecule has 0 spiro atoms. The molecule has 0 amide bonds. The van der Waals surface area contributed by atoms with Crippen molar-refractivity contribution in [2.75, 3.05) is 28.4 Å². The monoisotopic (exact) mass is 365 g/mol. The molecule has 1 aromatic rings. The Morgan fingerprint density at radius 3 is 2.19 bits per heavy atom. The Hall–Kier alpha value is -2.11. The van der Waals surface area contributed by atoms with Gasteiger partial charge in [0.15, 0.2) is 17.5 Å². The van der Waals surface area contributed by atoms with Crippen molar-refractivity contribution in [3.05, 3.63) is 17.7 Å². The molecule has 26 heavy (non-hydrogen) atoms. The van der Waals surface area contributed by atoms with Gasteiger partial charge in [-0.3, -0.25) is 4.99 Å². The molecule has 148 valence electrons. The third kappa shape index (κ3) is 7.02. The summed E-state index contributed by atoms with van der Waals surface area (Å²) >= 11 is 0. The van der Waals surface area contributed by atoms with E-state index in [-0.39, 0.29) is 0 Å². The maximum atomic E-state index is 5.40. The fraction of sp³-hybridized carbons (Fsp3) is 0.650. The van der Waals surface area contributed by atoms with Crippen molar-refractivity contribution >= 4 is 5.96 Å². The average Bonchev–Trinajstić information content (AvgIpc) is 2.67. The number of ether oxygens (including phenoxy) is 3. The molecule has 0 bridgehead atoms. The summed E-state index contributed by atoms with van der Waals surface area (Å²) in [7, 11) is 6.63. The van der Waals surface area contributed by atoms with Crippen LogP contribution in [0, 0.1) is 0 Å². The van der Waals surface area contributed by atoms with Gasteiger partial charge < -0.3 is 24.8 Å². The zero-order valence-electron chi connectivity index (χ0n) is 17.1. The van der Waals surface area contributed by atoms with Crippen molar-refractivity contribution in [3.63, 3.8) is 0 Å². The van der Waals surface area contributed by atoms with Gasteiger partial charge in [-0.2, -0.15) is 0 Å². The fourth-order valence-corrected chi connectivity index (χ4v) is 2.80. The number of hydrogen-bond acceptors (Lipinski definition) is 4. The second kappa shape index (κ2) is 12.3. The van der Waals surface area contributed by atoms with E-state index in [0.717, 1.165) is 17.9 Å². The smallest absolute Gasteiger partial charge is 0.203 e. The SMILES string of the molecule is CCCCCCC(C)NC(=NC)NCc1cc(OC)c(OC)c(OC)c1. The molecule has 0 heterocycles. The number of unbranched alkanes of at least 4 members (excludes halogenated alkanes) is 3. The highest BCUT2D eigenvalue weighted by Gasteiger charge is 2.13. The first-order chi connectivity index (χ1) is 12.6. The van der Waals surface area contributed by atoms with Crippen molar-refractivity contribution < 1.29 is 14.2 Å². The number of aliphatic imine (C=N–C) groups is 1. The molecule has 0 fully saturated rings. The predicted molar refractivity (Wildman–Crippen MR) is 108 cm³/mol. The van der Waals surface area contributed by atoms with Gasteiger partial charge in [-0.15, -0.1) is 0 Å². The molecule has 2 N–H and O–H groups in total. The standard InChI is InChI=1S/C20H35N3O3/c1-7-8-9-10-11-15(2)23-20(21-3)22-14-16-12-17(24-4)19(26-6)18(13-16)25-5/h12-13,15H,7-11,14H2,1-6H3,(H2,21,22,23). The first-order valence-corrected chi connectivity index (χ1v) is 9.35. The molecule has 0 saturated carbocycles. The Bertz CT molecular complexity index is 536. The van der Waals surface area contributed by atoms with E-state index >= 15 is 0 Å². The number of nitrogens with one attached hydrogen (secondary N) is 2. The van der Waals surface area contributed by atoms with Crippen LogP contribution in [0.3, 0.4) is 0 Å². The van der Waals surface area contributed by atoms with Crippen LogP contribution < -0.4 is 24.8 Å². The van der Waals surface area contributed by atoms with Gasteiger partial charge in [-0.1, -0.05) is 32.6 Å². The van der Waals surface area contributed by atoms with Gasteiger partial charge in [0.25, 0.3) is 0 Å². The summed E-state index contributed by atoms with van der Waals surface area (Å²) in [5, 5.41) is 6.79. The summed E-state index contributed by atoms with van der Waals surface area (Å²) in [6.45, 7) is 5.04. The lowest BCUT2D eigenvalue weighted by molar-refractivity contribution is 0.323. The van der Waals surface area contributed by atoms with E-state index in [2.05, 4.69) is 29.5 Å². The Labute approximate surface area is 158 Å². The molecule has 0 radical (unpaired) electrons. The number of hydrogen-bond donors (Lipinski definition) is 2. The van der Waals surface area contributed by atoms with Crippen LogP contribution >= 0.6 is 0 Å². The highest BCUT2D eigenvalue weighted by Crippen LogP contribution is 2.38. The minimum absolute atomic E-state index is 0.387. The quantitative estimate of drug-likeness (QED) is 0.355. The van der Waals surface area contributed by atoms with Crippen LogP contribution in [0.2, 0.25) is 0 Å². The summed E-state index contributed by atoms with van der Waals surface area (Å²) in [5.74, 6) is 2.69. The van der Waals surface area contributed by atoms with Gasteiger partial charge in [-0.25, -0.2) is 0 Å². The van der Waals surface area contributed by atoms with Crippen LogP contribution in [0.25, 0.3) is 0 Å². The molecule has 6 nitrogen and oxygen atoms in total. The molecule has 1 unspecified atom stereocenters. The number of nitrogens with zero attached hydrogens (tertiary/aromatic N) is 1. The van der Waals surface area contributed by atoms with E-state index in [4.69, 9.17) is 14.2 Å². The number of benzene rings is 1. The normalized spacial score (nSPS) is 12.5. The second-order valence-electron chi connectivity index (χ2n) is 6.35. The molecular weight excluding hydrogens is 330 g/mol. The van der Waals surface area contributed by atoms with Gasteiger partial charge in [0.2, 0.25) is 5.75 Å². The van der Waals surface area contributed by atoms with E-state index in [0.29, 0.717) is 29.8 Å². The molecule has 6 heteroatoms. The number of guanidine groups is 1. The van der Waals surface area contributed by atoms with Gasteiger partial charge in [0.05, 0.1) is 21.3 Å². The van der Waals surface area contributed by atoms with Crippen molar-refractivity contribution in [2.45, 2.75) is 58.5 Å². The Morgan fingerprint density at radius 2 is 1.69 bits per heavy atom. The Balaban J connectivity index is 2.63. The molecule has 0 saturated heterocycles. The Kier molecular flexibility index (Phi) is 10.4. The minimum Gasteiger partial charge on any atom is -0.493 e. The summed E-state index contributed by atoms with van der Waals surface area (Å²) < 4.78 is 16.2. The predicted octanol–water partition coefficient (Wildman–Crippen LogP) is 3.74. The summed E-state index contributed by atoms with van der Waals surface area (Å²) in [6.07, 6.45) is 6.25. The number of methoxy groups -OCH3 is 3. The highest BCUT2D eigenvalue weighted by molar-refractivity contribution is 5.79. The van der Waals surface area contributed by atoms with E-state index in [9.17, 15) is 0 Å². The van der Waals surface area contributed by atoms with Crippen molar-refractivity contribution in [2.24, 2.45) is 4.99 Å². The van der Waals surface area contributed by atoms with Gasteiger partial charge in [0, 0.05) is 19.6 Å². The molecule has 1 atom stereocenters. The van der Waals surface area contributed by atoms with Gasteiger partial charge in [-0.05, 0) is 31.0 Å². The number of rotatable bonds is 11. The lowest BCUT2D eigenvalue weighted by Gasteiger charge is -2.19. The molecule has 1 aromatic carbocycles. The topological polar surface area (TPSA) is 64.1 Å². The van der Waals surface area contributed by atoms with E-state index in [1.807, 2.05) is 12.1 Å². The fourth-order valence-electron chi connectivity index (χ4n) is 2.80. The van der Waals surface area contributed by atoms with Crippen molar-refractivity contribution in [1.29, 1.82) is 0 Å². The van der Waals surface area contributed by atoms with Crippen LogP contribution in [-0.4, -0.2) is 40.4 Å². The summed E-state index contributed by atoms with van der Waals surface area (Å²) in [5.41, 5.74) is 1.03. The third-order valence-electron chi connectivity index (χ3n) is 4.28. The molecule has 0 aliphatic heterocycles. The third-order valence-corrected chi connectivity index (χ3v) is 4.28. The highest BCUT2D eigenvalue weighted by atomic mass is 16.5. The van der Waals surface area contributed by atoms with E-state index in [1.165, 1.54) is 25.7 Å². The minimum atomic E-state index is 0.387. The molecular formula is C20H35N3O3. The van der Waals surface area contributed by atoms with Crippen molar-refractivity contribution in [3.8, 4) is 17.2 Å². The van der Waals surface area contributed by atoms with E-state index in [1.54, 1.807) is 28.4 Å². The Morgan fingerprint density at radius 1 is 1.04 bits per heavy atom. The maximum Gasteiger partial charge on any atom is 0.203 e. The largest absolute Gasteiger partial charge is 0.493 e. The molecule has 0 aliphatic rings. The molecule has 0 aromatic heterocycles. The second-order valence-corrected chi connectivity index (χ2v) is 6.35. The zero-order chi connectivity index (χ0) is 19.4. The van der Waals surface area contributed by atoms with Crippen LogP contribution in [0.4, 0.5) is 0 Å². The summed E-state index contributed by atoms with van der Waals surface area (Å²) in [4.78, 5) is 4.31. The summed E-state index contributed by atoms with van der Waals surface area (Å²) in [6, 6.07) is 4.27. The first-order valence-electron chi connectivity index (χ1n) is 9.35. The van der Waals surface area contributed by atoms with Gasteiger partial charge >= 0.3 is 0 Å². The lowest BCUT2D eigenvalue weighted by Crippen LogP contribution is -2.41. The van der Waals surface area contributed by atoms with Crippen molar-refractivity contribution in [1.82, 2.24) is 10.6 Å².